The molecule has 0 saturated carbocycles. The van der Waals surface area contributed by atoms with Crippen LogP contribution in [0.4, 0.5) is 15.8 Å². The van der Waals surface area contributed by atoms with Crippen LogP contribution in [-0.2, 0) is 11.2 Å². The first-order chi connectivity index (χ1) is 20.8. The van der Waals surface area contributed by atoms with Gasteiger partial charge in [0.1, 0.15) is 17.4 Å². The lowest BCUT2D eigenvalue weighted by molar-refractivity contribution is -0.112. The summed E-state index contributed by atoms with van der Waals surface area (Å²) in [5.41, 5.74) is 11.7. The third-order valence-corrected chi connectivity index (χ3v) is 5.84. The van der Waals surface area contributed by atoms with Crippen LogP contribution < -0.4 is 26.8 Å². The van der Waals surface area contributed by atoms with E-state index in [1.165, 1.54) is 35.4 Å². The second-order valence-corrected chi connectivity index (χ2v) is 9.19. The largest absolute Gasteiger partial charge is 0.492 e. The predicted molar refractivity (Wildman–Crippen MR) is 167 cm³/mol. The fourth-order valence-electron chi connectivity index (χ4n) is 3.69. The molecule has 2 aromatic carbocycles. The number of halogens is 1. The number of anilines is 2. The number of carbonyl (C=O) groups excluding carboxylic acids is 1. The number of amides is 1. The number of nitrogens with one attached hydrogen (secondary N) is 2. The normalized spacial score (nSPS) is 11.4. The van der Waals surface area contributed by atoms with Crippen molar-refractivity contribution < 1.29 is 33.7 Å². The minimum absolute atomic E-state index is 0.00242. The molecular formula is C32H34FN5O6. The Kier molecular flexibility index (Phi) is 12.4. The number of carboxylic acid groups (broad SMARTS) is 2. The van der Waals surface area contributed by atoms with Crippen molar-refractivity contribution >= 4 is 29.2 Å². The minimum Gasteiger partial charge on any atom is -0.492 e. The van der Waals surface area contributed by atoms with E-state index in [0.717, 1.165) is 18.6 Å². The van der Waals surface area contributed by atoms with Gasteiger partial charge >= 0.3 is 11.9 Å². The number of benzene rings is 2. The zero-order valence-corrected chi connectivity index (χ0v) is 24.3. The van der Waals surface area contributed by atoms with E-state index in [2.05, 4.69) is 29.7 Å². The van der Waals surface area contributed by atoms with Crippen LogP contribution in [0.15, 0.2) is 85.3 Å². The van der Waals surface area contributed by atoms with Crippen LogP contribution in [0.2, 0.25) is 0 Å². The molecule has 2 rings (SSSR count). The third-order valence-electron chi connectivity index (χ3n) is 5.84. The van der Waals surface area contributed by atoms with Crippen LogP contribution in [0.25, 0.3) is 0 Å². The number of carboxylic acids is 2. The number of nitrogens with two attached hydrogens (primary N) is 2. The molecule has 1 amide bonds. The maximum atomic E-state index is 14.9. The summed E-state index contributed by atoms with van der Waals surface area (Å²) >= 11 is 0. The van der Waals surface area contributed by atoms with E-state index >= 15 is 0 Å². The summed E-state index contributed by atoms with van der Waals surface area (Å²) < 4.78 is 20.6. The van der Waals surface area contributed by atoms with Crippen LogP contribution in [0.1, 0.15) is 52.1 Å². The van der Waals surface area contributed by atoms with Crippen molar-refractivity contribution in [1.82, 2.24) is 4.90 Å². The Hall–Kier alpha value is -5.96. The Morgan fingerprint density at radius 3 is 2.30 bits per heavy atom. The number of rotatable bonds is 15. The van der Waals surface area contributed by atoms with E-state index < -0.39 is 29.2 Å². The van der Waals surface area contributed by atoms with Crippen molar-refractivity contribution in [2.45, 2.75) is 26.7 Å². The Morgan fingerprint density at radius 2 is 1.73 bits per heavy atom. The highest BCUT2D eigenvalue weighted by atomic mass is 19.1. The number of terminal acetylenes is 1. The molecule has 0 heterocycles. The zero-order valence-electron chi connectivity index (χ0n) is 24.3. The lowest BCUT2D eigenvalue weighted by Crippen LogP contribution is -2.22. The number of carbonyl (C=O) groups is 3. The van der Waals surface area contributed by atoms with E-state index in [1.807, 2.05) is 13.0 Å². The van der Waals surface area contributed by atoms with Crippen molar-refractivity contribution in [2.75, 3.05) is 17.2 Å². The summed E-state index contributed by atoms with van der Waals surface area (Å²) in [7, 11) is 0. The summed E-state index contributed by atoms with van der Waals surface area (Å²) in [4.78, 5) is 37.8. The van der Waals surface area contributed by atoms with E-state index in [4.69, 9.17) is 22.6 Å². The Labute approximate surface area is 254 Å². The first-order valence-corrected chi connectivity index (χ1v) is 13.1. The maximum Gasteiger partial charge on any atom is 0.337 e. The van der Waals surface area contributed by atoms with Gasteiger partial charge in [-0.25, -0.2) is 14.0 Å². The maximum absolute atomic E-state index is 14.9. The minimum atomic E-state index is -1.48. The lowest BCUT2D eigenvalue weighted by atomic mass is 10.1. The van der Waals surface area contributed by atoms with E-state index in [-0.39, 0.29) is 58.4 Å². The van der Waals surface area contributed by atoms with Gasteiger partial charge in [0.05, 0.1) is 40.4 Å². The second kappa shape index (κ2) is 15.9. The van der Waals surface area contributed by atoms with Crippen LogP contribution in [0.5, 0.6) is 5.75 Å². The molecule has 0 unspecified atom stereocenters. The Balaban J connectivity index is 2.30. The second-order valence-electron chi connectivity index (χ2n) is 9.19. The quantitative estimate of drug-likeness (QED) is 0.0947. The highest BCUT2D eigenvalue weighted by molar-refractivity contribution is 6.07. The monoisotopic (exact) mass is 603 g/mol. The first kappa shape index (κ1) is 34.2. The number of ether oxygens (including phenoxy) is 1. The van der Waals surface area contributed by atoms with Crippen LogP contribution in [0, 0.1) is 18.2 Å². The molecule has 0 spiro atoms. The van der Waals surface area contributed by atoms with Gasteiger partial charge in [-0.1, -0.05) is 32.1 Å². The van der Waals surface area contributed by atoms with Gasteiger partial charge in [-0.15, -0.1) is 6.42 Å². The molecule has 12 heteroatoms. The molecule has 44 heavy (non-hydrogen) atoms. The van der Waals surface area contributed by atoms with Crippen molar-refractivity contribution in [3.63, 3.8) is 0 Å². The lowest BCUT2D eigenvalue weighted by Gasteiger charge is -2.15. The van der Waals surface area contributed by atoms with Gasteiger partial charge < -0.3 is 42.0 Å². The molecular weight excluding hydrogens is 569 g/mol. The molecule has 0 saturated heterocycles. The summed E-state index contributed by atoms with van der Waals surface area (Å²) in [6, 6.07) is 4.57. The molecule has 8 N–H and O–H groups in total. The number of hydrogen-bond donors (Lipinski definition) is 6. The van der Waals surface area contributed by atoms with E-state index in [9.17, 15) is 29.0 Å². The predicted octanol–water partition coefficient (Wildman–Crippen LogP) is 4.72. The van der Waals surface area contributed by atoms with Crippen LogP contribution >= 0.6 is 0 Å². The van der Waals surface area contributed by atoms with Crippen LogP contribution in [0.3, 0.4) is 0 Å². The number of aromatic carboxylic acids is 2. The van der Waals surface area contributed by atoms with Gasteiger partial charge in [-0.3, -0.25) is 4.79 Å². The van der Waals surface area contributed by atoms with Gasteiger partial charge in [-0.2, -0.15) is 0 Å². The van der Waals surface area contributed by atoms with Gasteiger partial charge in [0.25, 0.3) is 5.91 Å². The van der Waals surface area contributed by atoms with E-state index in [0.29, 0.717) is 5.70 Å². The molecule has 0 aliphatic carbocycles. The topological polar surface area (TPSA) is 180 Å². The number of nitrogens with zero attached hydrogens (tertiary/aromatic N) is 1. The van der Waals surface area contributed by atoms with Crippen molar-refractivity contribution in [1.29, 1.82) is 0 Å². The van der Waals surface area contributed by atoms with Crippen molar-refractivity contribution in [2.24, 2.45) is 11.5 Å². The average molecular weight is 604 g/mol. The number of hydrogen-bond acceptors (Lipinski definition) is 8. The third kappa shape index (κ3) is 9.28. The fourth-order valence-corrected chi connectivity index (χ4v) is 3.69. The highest BCUT2D eigenvalue weighted by Crippen LogP contribution is 2.29. The van der Waals surface area contributed by atoms with Crippen LogP contribution in [-0.4, -0.2) is 39.6 Å². The van der Waals surface area contributed by atoms with Crippen molar-refractivity contribution in [3.8, 4) is 18.1 Å². The Morgan fingerprint density at radius 1 is 1.09 bits per heavy atom. The highest BCUT2D eigenvalue weighted by Gasteiger charge is 2.19. The molecule has 0 aliphatic rings. The molecule has 0 fully saturated rings. The number of allylic oxidation sites excluding steroid dienone is 4. The SMILES string of the molecule is C#Cc1cc(NC(=C)C)c(C(=O)O)cc1OCCc1cc(NC(=O)/C(N)=C/C=C(\N)N(C=C)/C=C\CC)c(C(=O)O)cc1F. The van der Waals surface area contributed by atoms with Gasteiger partial charge in [0.15, 0.2) is 0 Å². The van der Waals surface area contributed by atoms with Gasteiger partial charge in [0.2, 0.25) is 0 Å². The Bertz CT molecular complexity index is 1600. The van der Waals surface area contributed by atoms with Crippen molar-refractivity contribution in [3.05, 3.63) is 113 Å². The molecule has 2 aromatic rings. The summed E-state index contributed by atoms with van der Waals surface area (Å²) in [6.07, 6.45) is 13.8. The molecule has 0 radical (unpaired) electrons. The van der Waals surface area contributed by atoms with Gasteiger partial charge in [-0.05, 0) is 55.3 Å². The molecule has 0 atom stereocenters. The van der Waals surface area contributed by atoms with E-state index in [1.54, 1.807) is 13.1 Å². The smallest absolute Gasteiger partial charge is 0.337 e. The first-order valence-electron chi connectivity index (χ1n) is 13.1. The molecule has 0 bridgehead atoms. The summed E-state index contributed by atoms with van der Waals surface area (Å²) in [5.74, 6) is -1.75. The molecule has 0 aromatic heterocycles. The average Bonchev–Trinajstić information content (AvgIpc) is 2.97. The van der Waals surface area contributed by atoms with Gasteiger partial charge in [0, 0.05) is 24.5 Å². The standard InChI is InChI=1S/C32H34FN5O6/c1-6-9-13-38(8-3)29(35)11-10-25(34)30(39)37-27-16-21(24(33)17-22(27)31(40)41)12-14-44-28-18-23(32(42)43)26(36-19(4)5)15-20(28)7-2/h2,8-11,13,15-18,36H,3-4,6,12,14,34-35H2,1,5H3,(H,37,39)(H,40,41)(H,42,43)/b13-9-,25-10-,29-11+. The zero-order chi connectivity index (χ0) is 33.0. The summed E-state index contributed by atoms with van der Waals surface area (Å²) in [5, 5.41) is 24.4. The molecule has 0 aliphatic heterocycles. The summed E-state index contributed by atoms with van der Waals surface area (Å²) in [6.45, 7) is 10.8. The fraction of sp³-hybridized carbons (Fsp3) is 0.156. The molecule has 230 valence electrons. The molecule has 11 nitrogen and oxygen atoms in total.